The summed E-state index contributed by atoms with van der Waals surface area (Å²) in [7, 11) is 0. The van der Waals surface area contributed by atoms with Crippen LogP contribution in [0.5, 0.6) is 0 Å². The Hall–Kier alpha value is -2.81. The number of carbonyl (C=O) groups is 3. The van der Waals surface area contributed by atoms with Crippen LogP contribution in [0.25, 0.3) is 0 Å². The monoisotopic (exact) mass is 416 g/mol. The molecule has 0 radical (unpaired) electrons. The van der Waals surface area contributed by atoms with Crippen molar-refractivity contribution in [2.75, 3.05) is 11.9 Å². The lowest BCUT2D eigenvalue weighted by molar-refractivity contribution is -0.121. The van der Waals surface area contributed by atoms with Gasteiger partial charge in [-0.1, -0.05) is 23.7 Å². The van der Waals surface area contributed by atoms with Gasteiger partial charge in [-0.05, 0) is 55.5 Å². The number of anilines is 1. The third-order valence-electron chi connectivity index (χ3n) is 4.25. The number of nitrogens with one attached hydrogen (secondary N) is 3. The number of amides is 2. The lowest BCUT2D eigenvalue weighted by atomic mass is 10.1. The van der Waals surface area contributed by atoms with E-state index in [0.717, 1.165) is 10.6 Å². The highest BCUT2D eigenvalue weighted by Gasteiger charge is 2.40. The third kappa shape index (κ3) is 4.19. The predicted molar refractivity (Wildman–Crippen MR) is 110 cm³/mol. The Morgan fingerprint density at radius 3 is 2.21 bits per heavy atom. The number of carbonyl (C=O) groups excluding carboxylic acids is 3. The fourth-order valence-electron chi connectivity index (χ4n) is 2.76. The van der Waals surface area contributed by atoms with Gasteiger partial charge in [0.05, 0.1) is 23.7 Å². The molecule has 1 unspecified atom stereocenters. The molecule has 0 spiro atoms. The molecule has 3 N–H and O–H groups in total. The van der Waals surface area contributed by atoms with E-state index in [2.05, 4.69) is 16.2 Å². The summed E-state index contributed by atoms with van der Waals surface area (Å²) in [4.78, 5) is 38.3. The Labute approximate surface area is 172 Å². The van der Waals surface area contributed by atoms with E-state index in [1.54, 1.807) is 48.5 Å². The Morgan fingerprint density at radius 1 is 1.07 bits per heavy atom. The zero-order chi connectivity index (χ0) is 20.3. The molecule has 3 rings (SSSR count). The molecular formula is C19H17ClN4O3S. The minimum absolute atomic E-state index is 0.128. The van der Waals surface area contributed by atoms with Crippen LogP contribution in [0.2, 0.25) is 5.02 Å². The van der Waals surface area contributed by atoms with Gasteiger partial charge in [-0.2, -0.15) is 0 Å². The smallest absolute Gasteiger partial charge is 0.262 e. The first-order valence-corrected chi connectivity index (χ1v) is 9.22. The molecule has 28 heavy (non-hydrogen) atoms. The number of rotatable bonds is 6. The maximum absolute atomic E-state index is 12.4. The summed E-state index contributed by atoms with van der Waals surface area (Å²) in [5.74, 6) is -1.26. The van der Waals surface area contributed by atoms with Crippen LogP contribution < -0.4 is 16.2 Å². The van der Waals surface area contributed by atoms with Crippen LogP contribution in [0.15, 0.2) is 48.5 Å². The van der Waals surface area contributed by atoms with Crippen molar-refractivity contribution in [2.24, 2.45) is 0 Å². The summed E-state index contributed by atoms with van der Waals surface area (Å²) in [6, 6.07) is 12.6. The second kappa shape index (κ2) is 8.47. The topological polar surface area (TPSA) is 90.5 Å². The predicted octanol–water partition coefficient (Wildman–Crippen LogP) is 2.38. The number of halogens is 1. The Balaban J connectivity index is 1.51. The molecule has 0 aliphatic carbocycles. The highest BCUT2D eigenvalue weighted by Crippen LogP contribution is 2.24. The summed E-state index contributed by atoms with van der Waals surface area (Å²) < 4.78 is 0. The van der Waals surface area contributed by atoms with Gasteiger partial charge >= 0.3 is 0 Å². The van der Waals surface area contributed by atoms with Crippen LogP contribution in [0.1, 0.15) is 27.6 Å². The SMILES string of the molecule is CC(C(=O)CNNC(=S)Nc1ccc(Cl)cc1)N1C(=O)c2ccccc2C1=O. The largest absolute Gasteiger partial charge is 0.332 e. The van der Waals surface area contributed by atoms with Gasteiger partial charge in [-0.15, -0.1) is 0 Å². The van der Waals surface area contributed by atoms with E-state index in [-0.39, 0.29) is 17.4 Å². The fourth-order valence-corrected chi connectivity index (χ4v) is 3.07. The number of ketones is 1. The van der Waals surface area contributed by atoms with Gasteiger partial charge in [-0.3, -0.25) is 24.7 Å². The number of Topliss-reactive ketones (excluding diaryl/α,β-unsaturated/α-hetero) is 1. The minimum Gasteiger partial charge on any atom is -0.332 e. The molecule has 7 nitrogen and oxygen atoms in total. The Kier molecular flexibility index (Phi) is 6.03. The van der Waals surface area contributed by atoms with Gasteiger partial charge in [0.15, 0.2) is 10.9 Å². The number of thiocarbonyl (C=S) groups is 1. The summed E-state index contributed by atoms with van der Waals surface area (Å²) in [6.07, 6.45) is 0. The van der Waals surface area contributed by atoms with Crippen LogP contribution in [-0.4, -0.2) is 40.2 Å². The van der Waals surface area contributed by atoms with Gasteiger partial charge in [0.2, 0.25) is 0 Å². The zero-order valence-corrected chi connectivity index (χ0v) is 16.4. The molecule has 2 aromatic rings. The first-order chi connectivity index (χ1) is 13.4. The van der Waals surface area contributed by atoms with Crippen molar-refractivity contribution in [1.82, 2.24) is 15.8 Å². The molecule has 1 atom stereocenters. The molecule has 2 aromatic carbocycles. The molecule has 1 heterocycles. The van der Waals surface area contributed by atoms with E-state index >= 15 is 0 Å². The second-order valence-corrected chi connectivity index (χ2v) is 6.95. The molecule has 1 aliphatic rings. The maximum Gasteiger partial charge on any atom is 0.262 e. The van der Waals surface area contributed by atoms with Crippen LogP contribution >= 0.6 is 23.8 Å². The normalized spacial score (nSPS) is 13.9. The van der Waals surface area contributed by atoms with Crippen molar-refractivity contribution in [2.45, 2.75) is 13.0 Å². The lowest BCUT2D eigenvalue weighted by Crippen LogP contribution is -2.49. The number of hydrogen-bond donors (Lipinski definition) is 3. The van der Waals surface area contributed by atoms with Gasteiger partial charge < -0.3 is 5.32 Å². The highest BCUT2D eigenvalue weighted by atomic mass is 35.5. The number of imide groups is 1. The average molecular weight is 417 g/mol. The van der Waals surface area contributed by atoms with E-state index in [0.29, 0.717) is 16.1 Å². The zero-order valence-electron chi connectivity index (χ0n) is 14.9. The Morgan fingerprint density at radius 2 is 1.64 bits per heavy atom. The summed E-state index contributed by atoms with van der Waals surface area (Å²) >= 11 is 11.0. The number of nitrogens with zero attached hydrogens (tertiary/aromatic N) is 1. The molecule has 2 amide bonds. The van der Waals surface area contributed by atoms with E-state index in [1.165, 1.54) is 6.92 Å². The van der Waals surface area contributed by atoms with E-state index in [9.17, 15) is 14.4 Å². The van der Waals surface area contributed by atoms with E-state index in [1.807, 2.05) is 0 Å². The molecule has 0 fully saturated rings. The molecule has 9 heteroatoms. The molecule has 0 saturated carbocycles. The van der Waals surface area contributed by atoms with Crippen molar-refractivity contribution in [3.63, 3.8) is 0 Å². The van der Waals surface area contributed by atoms with Crippen molar-refractivity contribution in [1.29, 1.82) is 0 Å². The summed E-state index contributed by atoms with van der Waals surface area (Å²) in [5.41, 5.74) is 6.74. The van der Waals surface area contributed by atoms with Gasteiger partial charge in [0.25, 0.3) is 11.8 Å². The molecule has 0 aromatic heterocycles. The number of fused-ring (bicyclic) bond motifs is 1. The summed E-state index contributed by atoms with van der Waals surface area (Å²) in [5, 5.41) is 3.78. The van der Waals surface area contributed by atoms with Gasteiger partial charge in [-0.25, -0.2) is 5.43 Å². The number of hydrazine groups is 1. The van der Waals surface area contributed by atoms with E-state index in [4.69, 9.17) is 23.8 Å². The molecule has 1 aliphatic heterocycles. The molecule has 0 saturated heterocycles. The quantitative estimate of drug-likeness (QED) is 0.378. The number of hydrogen-bond acceptors (Lipinski definition) is 5. The van der Waals surface area contributed by atoms with E-state index < -0.39 is 17.9 Å². The van der Waals surface area contributed by atoms with Gasteiger partial charge in [0.1, 0.15) is 0 Å². The first-order valence-electron chi connectivity index (χ1n) is 8.43. The van der Waals surface area contributed by atoms with Crippen LogP contribution in [-0.2, 0) is 4.79 Å². The highest BCUT2D eigenvalue weighted by molar-refractivity contribution is 7.80. The average Bonchev–Trinajstić information content (AvgIpc) is 2.94. The van der Waals surface area contributed by atoms with Crippen LogP contribution in [0, 0.1) is 0 Å². The second-order valence-electron chi connectivity index (χ2n) is 6.11. The maximum atomic E-state index is 12.4. The number of benzene rings is 2. The van der Waals surface area contributed by atoms with Crippen molar-refractivity contribution < 1.29 is 14.4 Å². The first kappa shape index (κ1) is 19.9. The summed E-state index contributed by atoms with van der Waals surface area (Å²) in [6.45, 7) is 1.40. The van der Waals surface area contributed by atoms with Gasteiger partial charge in [0, 0.05) is 10.7 Å². The Bertz CT molecular complexity index is 913. The molecule has 144 valence electrons. The third-order valence-corrected chi connectivity index (χ3v) is 4.70. The molecule has 0 bridgehead atoms. The van der Waals surface area contributed by atoms with Crippen molar-refractivity contribution in [3.05, 3.63) is 64.7 Å². The van der Waals surface area contributed by atoms with Crippen LogP contribution in [0.4, 0.5) is 5.69 Å². The van der Waals surface area contributed by atoms with Crippen molar-refractivity contribution >= 4 is 52.2 Å². The standard InChI is InChI=1S/C19H17ClN4O3S/c1-11(24-17(26)14-4-2-3-5-15(14)18(24)27)16(25)10-21-23-19(28)22-13-8-6-12(20)7-9-13/h2-9,11,21H,10H2,1H3,(H2,22,23,28). The lowest BCUT2D eigenvalue weighted by Gasteiger charge is -2.21. The van der Waals surface area contributed by atoms with Crippen LogP contribution in [0.3, 0.4) is 0 Å². The minimum atomic E-state index is -0.903. The fraction of sp³-hybridized carbons (Fsp3) is 0.158. The molecular weight excluding hydrogens is 400 g/mol. The van der Waals surface area contributed by atoms with Crippen molar-refractivity contribution in [3.8, 4) is 0 Å².